The molecule has 3 aromatic rings. The lowest BCUT2D eigenvalue weighted by molar-refractivity contribution is 0.588. The molecule has 0 saturated carbocycles. The van der Waals surface area contributed by atoms with Gasteiger partial charge in [0.1, 0.15) is 10.0 Å². The molecule has 0 radical (unpaired) electrons. The Balaban J connectivity index is 2.25. The van der Waals surface area contributed by atoms with Crippen LogP contribution in [0.4, 0.5) is 0 Å². The topological polar surface area (TPSA) is 95.8 Å². The Hall–Kier alpha value is -1.90. The second-order valence-corrected chi connectivity index (χ2v) is 7.68. The Kier molecular flexibility index (Phi) is 4.37. The Morgan fingerprint density at radius 3 is 2.75 bits per heavy atom. The molecule has 3 rings (SSSR count). The van der Waals surface area contributed by atoms with Crippen molar-refractivity contribution in [1.82, 2.24) is 18.7 Å². The van der Waals surface area contributed by atoms with E-state index in [2.05, 4.69) is 10.1 Å². The molecule has 24 heavy (non-hydrogen) atoms. The Morgan fingerprint density at radius 1 is 1.38 bits per heavy atom. The van der Waals surface area contributed by atoms with Gasteiger partial charge in [-0.2, -0.15) is 5.10 Å². The fourth-order valence-electron chi connectivity index (χ4n) is 2.81. The smallest absolute Gasteiger partial charge is 0.273 e. The predicted octanol–water partition coefficient (Wildman–Crippen LogP) is 1.86. The lowest BCUT2D eigenvalue weighted by Crippen LogP contribution is -2.13. The van der Waals surface area contributed by atoms with E-state index in [1.807, 2.05) is 6.07 Å². The summed E-state index contributed by atoms with van der Waals surface area (Å²) in [5, 5.41) is 5.03. The minimum absolute atomic E-state index is 0.0118. The van der Waals surface area contributed by atoms with Gasteiger partial charge in [0.2, 0.25) is 0 Å². The van der Waals surface area contributed by atoms with Crippen molar-refractivity contribution in [3.05, 3.63) is 41.1 Å². The highest BCUT2D eigenvalue weighted by atomic mass is 35.5. The largest absolute Gasteiger partial charge is 0.330 e. The molecule has 128 valence electrons. The third kappa shape index (κ3) is 2.60. The van der Waals surface area contributed by atoms with Crippen LogP contribution in [-0.4, -0.2) is 33.7 Å². The van der Waals surface area contributed by atoms with E-state index in [-0.39, 0.29) is 10.0 Å². The Labute approximate surface area is 145 Å². The zero-order valence-corrected chi connectivity index (χ0v) is 15.0. The summed E-state index contributed by atoms with van der Waals surface area (Å²) in [6.07, 6.45) is 6.28. The maximum absolute atomic E-state index is 13.2. The molecular weight excluding hydrogens is 350 g/mol. The van der Waals surface area contributed by atoms with E-state index in [4.69, 9.17) is 17.3 Å². The Morgan fingerprint density at radius 2 is 2.12 bits per heavy atom. The molecule has 0 aliphatic carbocycles. The molecule has 0 aromatic carbocycles. The fraction of sp³-hybridized carbons (Fsp3) is 0.333. The first-order chi connectivity index (χ1) is 11.4. The maximum Gasteiger partial charge on any atom is 0.273 e. The van der Waals surface area contributed by atoms with Crippen molar-refractivity contribution in [2.75, 3.05) is 6.54 Å². The summed E-state index contributed by atoms with van der Waals surface area (Å²) in [5.74, 6) is 0. The third-order valence-corrected chi connectivity index (χ3v) is 6.29. The van der Waals surface area contributed by atoms with Crippen molar-refractivity contribution in [3.8, 4) is 0 Å². The van der Waals surface area contributed by atoms with Crippen LogP contribution in [0.2, 0.25) is 5.15 Å². The van der Waals surface area contributed by atoms with Gasteiger partial charge in [-0.15, -0.1) is 0 Å². The van der Waals surface area contributed by atoms with Crippen LogP contribution < -0.4 is 5.73 Å². The van der Waals surface area contributed by atoms with E-state index < -0.39 is 10.0 Å². The van der Waals surface area contributed by atoms with Gasteiger partial charge in [-0.3, -0.25) is 9.67 Å². The second kappa shape index (κ2) is 6.19. The van der Waals surface area contributed by atoms with Crippen LogP contribution in [0, 0.1) is 6.92 Å². The number of hydrogen-bond donors (Lipinski definition) is 1. The van der Waals surface area contributed by atoms with Crippen LogP contribution in [0.3, 0.4) is 0 Å². The standard InChI is InChI=1S/C15H18ClN5O2S/c1-10-14(15(16)20(2)19-10)24(22,23)21-9-11(4-3-6-17)12-5-7-18-8-13(12)21/h5,7-9H,3-4,6,17H2,1-2H3. The van der Waals surface area contributed by atoms with Crippen LogP contribution in [0.15, 0.2) is 29.6 Å². The summed E-state index contributed by atoms with van der Waals surface area (Å²) in [7, 11) is -2.27. The van der Waals surface area contributed by atoms with E-state index in [0.29, 0.717) is 24.2 Å². The zero-order valence-electron chi connectivity index (χ0n) is 13.4. The van der Waals surface area contributed by atoms with Crippen LogP contribution in [0.25, 0.3) is 10.9 Å². The third-order valence-electron chi connectivity index (χ3n) is 3.92. The summed E-state index contributed by atoms with van der Waals surface area (Å²) in [6.45, 7) is 2.16. The first-order valence-corrected chi connectivity index (χ1v) is 9.28. The van der Waals surface area contributed by atoms with Gasteiger partial charge in [0.25, 0.3) is 10.0 Å². The van der Waals surface area contributed by atoms with Crippen LogP contribution in [0.5, 0.6) is 0 Å². The molecule has 2 N–H and O–H groups in total. The van der Waals surface area contributed by atoms with Crippen molar-refractivity contribution in [2.45, 2.75) is 24.7 Å². The van der Waals surface area contributed by atoms with Crippen molar-refractivity contribution < 1.29 is 8.42 Å². The number of nitrogens with two attached hydrogens (primary N) is 1. The lowest BCUT2D eigenvalue weighted by Gasteiger charge is -2.07. The molecule has 0 atom stereocenters. The molecule has 0 bridgehead atoms. The normalized spacial score (nSPS) is 12.2. The van der Waals surface area contributed by atoms with Crippen LogP contribution in [-0.2, 0) is 23.5 Å². The Bertz CT molecular complexity index is 1010. The van der Waals surface area contributed by atoms with E-state index >= 15 is 0 Å². The highest BCUT2D eigenvalue weighted by Gasteiger charge is 2.28. The molecule has 3 heterocycles. The highest BCUT2D eigenvalue weighted by Crippen LogP contribution is 2.30. The molecule has 0 aliphatic rings. The summed E-state index contributed by atoms with van der Waals surface area (Å²) < 4.78 is 28.9. The zero-order chi connectivity index (χ0) is 17.5. The van der Waals surface area contributed by atoms with E-state index in [1.165, 1.54) is 8.65 Å². The molecule has 0 fully saturated rings. The number of aromatic nitrogens is 4. The van der Waals surface area contributed by atoms with Crippen LogP contribution in [0.1, 0.15) is 17.7 Å². The molecule has 9 heteroatoms. The number of pyridine rings is 1. The first-order valence-electron chi connectivity index (χ1n) is 7.46. The van der Waals surface area contributed by atoms with Gasteiger partial charge in [0.05, 0.1) is 17.4 Å². The number of rotatable bonds is 5. The summed E-state index contributed by atoms with van der Waals surface area (Å²) in [5.41, 5.74) is 7.37. The average molecular weight is 368 g/mol. The molecule has 0 spiro atoms. The predicted molar refractivity (Wildman–Crippen MR) is 92.6 cm³/mol. The molecular formula is C15H18ClN5O2S. The fourth-order valence-corrected chi connectivity index (χ4v) is 4.90. The lowest BCUT2D eigenvalue weighted by atomic mass is 10.1. The number of aryl methyl sites for hydroxylation is 3. The quantitative estimate of drug-likeness (QED) is 0.742. The number of nitrogens with zero attached hydrogens (tertiary/aromatic N) is 4. The molecule has 0 unspecified atom stereocenters. The van der Waals surface area contributed by atoms with Gasteiger partial charge in [-0.1, -0.05) is 11.6 Å². The molecule has 7 nitrogen and oxygen atoms in total. The molecule has 0 amide bonds. The minimum Gasteiger partial charge on any atom is -0.330 e. The monoisotopic (exact) mass is 367 g/mol. The minimum atomic E-state index is -3.88. The number of hydrogen-bond acceptors (Lipinski definition) is 5. The second-order valence-electron chi connectivity index (χ2n) is 5.57. The summed E-state index contributed by atoms with van der Waals surface area (Å²) in [6, 6.07) is 1.81. The molecule has 3 aromatic heterocycles. The van der Waals surface area contributed by atoms with E-state index in [0.717, 1.165) is 17.4 Å². The van der Waals surface area contributed by atoms with Gasteiger partial charge in [-0.25, -0.2) is 12.4 Å². The van der Waals surface area contributed by atoms with Crippen LogP contribution >= 0.6 is 11.6 Å². The molecule has 0 saturated heterocycles. The maximum atomic E-state index is 13.2. The van der Waals surface area contributed by atoms with Gasteiger partial charge in [0.15, 0.2) is 0 Å². The van der Waals surface area contributed by atoms with Gasteiger partial charge >= 0.3 is 0 Å². The van der Waals surface area contributed by atoms with E-state index in [1.54, 1.807) is 32.6 Å². The van der Waals surface area contributed by atoms with Crippen molar-refractivity contribution in [2.24, 2.45) is 12.8 Å². The van der Waals surface area contributed by atoms with Gasteiger partial charge in [0, 0.05) is 24.8 Å². The highest BCUT2D eigenvalue weighted by molar-refractivity contribution is 7.90. The summed E-state index contributed by atoms with van der Waals surface area (Å²) in [4.78, 5) is 4.07. The SMILES string of the molecule is Cc1nn(C)c(Cl)c1S(=O)(=O)n1cc(CCCN)c2ccncc21. The van der Waals surface area contributed by atoms with Crippen molar-refractivity contribution in [3.63, 3.8) is 0 Å². The number of fused-ring (bicyclic) bond motifs is 1. The number of halogens is 1. The van der Waals surface area contributed by atoms with E-state index in [9.17, 15) is 8.42 Å². The van der Waals surface area contributed by atoms with Gasteiger partial charge < -0.3 is 5.73 Å². The summed E-state index contributed by atoms with van der Waals surface area (Å²) >= 11 is 6.17. The van der Waals surface area contributed by atoms with Crippen molar-refractivity contribution in [1.29, 1.82) is 0 Å². The van der Waals surface area contributed by atoms with Crippen molar-refractivity contribution >= 4 is 32.5 Å². The first kappa shape index (κ1) is 16.9. The van der Waals surface area contributed by atoms with Gasteiger partial charge in [-0.05, 0) is 37.9 Å². The molecule has 0 aliphatic heterocycles. The average Bonchev–Trinajstić information content (AvgIpc) is 3.04.